The van der Waals surface area contributed by atoms with Crippen molar-refractivity contribution in [3.05, 3.63) is 59.9 Å². The van der Waals surface area contributed by atoms with Crippen molar-refractivity contribution in [3.63, 3.8) is 0 Å². The van der Waals surface area contributed by atoms with E-state index in [0.29, 0.717) is 12.5 Å². The zero-order chi connectivity index (χ0) is 17.8. The Balaban J connectivity index is 1.50. The topological polar surface area (TPSA) is 45.2 Å². The van der Waals surface area contributed by atoms with Gasteiger partial charge in [0.1, 0.15) is 0 Å². The molecule has 0 spiro atoms. The summed E-state index contributed by atoms with van der Waals surface area (Å²) in [5.41, 5.74) is 3.23. The molecule has 2 aromatic rings. The lowest BCUT2D eigenvalue weighted by Crippen LogP contribution is -2.54. The molecular formula is C22H27N3O. The molecule has 1 saturated heterocycles. The largest absolute Gasteiger partial charge is 0.306 e. The van der Waals surface area contributed by atoms with Crippen LogP contribution in [0.4, 0.5) is 5.69 Å². The molecule has 1 aliphatic carbocycles. The summed E-state index contributed by atoms with van der Waals surface area (Å²) in [6.07, 6.45) is 9.53. The van der Waals surface area contributed by atoms with Crippen LogP contribution < -0.4 is 10.2 Å². The summed E-state index contributed by atoms with van der Waals surface area (Å²) in [7, 11) is 0. The highest BCUT2D eigenvalue weighted by Crippen LogP contribution is 2.32. The second kappa shape index (κ2) is 8.00. The molecule has 1 aromatic heterocycles. The Morgan fingerprint density at radius 2 is 1.81 bits per heavy atom. The Morgan fingerprint density at radius 1 is 1.04 bits per heavy atom. The minimum absolute atomic E-state index is 0.0586. The van der Waals surface area contributed by atoms with Gasteiger partial charge in [-0.3, -0.25) is 9.78 Å². The van der Waals surface area contributed by atoms with Crippen LogP contribution in [0.5, 0.6) is 0 Å². The maximum absolute atomic E-state index is 12.9. The van der Waals surface area contributed by atoms with Crippen LogP contribution in [0.15, 0.2) is 48.7 Å². The van der Waals surface area contributed by atoms with Gasteiger partial charge < -0.3 is 10.2 Å². The number of benzene rings is 1. The third kappa shape index (κ3) is 3.80. The first-order valence-electron chi connectivity index (χ1n) is 9.86. The number of pyridine rings is 1. The predicted molar refractivity (Wildman–Crippen MR) is 104 cm³/mol. The molecule has 0 bridgehead atoms. The summed E-state index contributed by atoms with van der Waals surface area (Å²) in [6, 6.07) is 14.2. The summed E-state index contributed by atoms with van der Waals surface area (Å²) >= 11 is 0. The van der Waals surface area contributed by atoms with Crippen molar-refractivity contribution < 1.29 is 4.79 Å². The Labute approximate surface area is 155 Å². The van der Waals surface area contributed by atoms with Crippen molar-refractivity contribution in [2.24, 2.45) is 0 Å². The standard InChI is InChI=1S/C22H27N3O/c26-22(21-13-14-23-21)25(20-9-5-2-6-10-20)16-19-12-11-18(15-24-19)17-7-3-1-4-8-17/h2,5-6,9-12,15,17,21,23H,1,3-4,7-8,13-14,16H2/t21-/m1/s1. The van der Waals surface area contributed by atoms with Crippen LogP contribution in [-0.4, -0.2) is 23.5 Å². The van der Waals surface area contributed by atoms with E-state index in [1.54, 1.807) is 0 Å². The number of rotatable bonds is 5. The molecule has 1 amide bonds. The Morgan fingerprint density at radius 3 is 2.42 bits per heavy atom. The number of hydrogen-bond donors (Lipinski definition) is 1. The molecule has 4 nitrogen and oxygen atoms in total. The van der Waals surface area contributed by atoms with Gasteiger partial charge in [0.25, 0.3) is 0 Å². The second-order valence-electron chi connectivity index (χ2n) is 7.47. The van der Waals surface area contributed by atoms with Gasteiger partial charge in [-0.2, -0.15) is 0 Å². The average Bonchev–Trinajstić information content (AvgIpc) is 2.66. The van der Waals surface area contributed by atoms with Crippen LogP contribution in [0, 0.1) is 0 Å². The molecule has 1 saturated carbocycles. The van der Waals surface area contributed by atoms with Crippen LogP contribution in [0.3, 0.4) is 0 Å². The number of nitrogens with zero attached hydrogens (tertiary/aromatic N) is 2. The third-order valence-electron chi connectivity index (χ3n) is 5.70. The number of carbonyl (C=O) groups excluding carboxylic acids is 1. The average molecular weight is 349 g/mol. The van der Waals surface area contributed by atoms with Crippen molar-refractivity contribution in [1.82, 2.24) is 10.3 Å². The van der Waals surface area contributed by atoms with Crippen molar-refractivity contribution >= 4 is 11.6 Å². The third-order valence-corrected chi connectivity index (χ3v) is 5.70. The molecule has 0 radical (unpaired) electrons. The van der Waals surface area contributed by atoms with Crippen molar-refractivity contribution in [3.8, 4) is 0 Å². The molecule has 1 N–H and O–H groups in total. The first-order chi connectivity index (χ1) is 12.8. The Bertz CT molecular complexity index is 719. The van der Waals surface area contributed by atoms with E-state index >= 15 is 0 Å². The molecule has 26 heavy (non-hydrogen) atoms. The number of anilines is 1. The fraction of sp³-hybridized carbons (Fsp3) is 0.455. The van der Waals surface area contributed by atoms with Gasteiger partial charge in [0.2, 0.25) is 5.91 Å². The summed E-state index contributed by atoms with van der Waals surface area (Å²) in [6.45, 7) is 1.44. The predicted octanol–water partition coefficient (Wildman–Crippen LogP) is 4.02. The van der Waals surface area contributed by atoms with Crippen molar-refractivity contribution in [2.45, 2.75) is 57.0 Å². The molecular weight excluding hydrogens is 322 g/mol. The number of hydrogen-bond acceptors (Lipinski definition) is 3. The molecule has 4 rings (SSSR count). The zero-order valence-corrected chi connectivity index (χ0v) is 15.2. The van der Waals surface area contributed by atoms with Gasteiger partial charge in [0.15, 0.2) is 0 Å². The molecule has 136 valence electrons. The van der Waals surface area contributed by atoms with E-state index < -0.39 is 0 Å². The van der Waals surface area contributed by atoms with Gasteiger partial charge in [-0.25, -0.2) is 0 Å². The minimum Gasteiger partial charge on any atom is -0.306 e. The highest BCUT2D eigenvalue weighted by molar-refractivity contribution is 5.97. The van der Waals surface area contributed by atoms with Gasteiger partial charge in [-0.05, 0) is 55.5 Å². The summed E-state index contributed by atoms with van der Waals surface area (Å²) < 4.78 is 0. The molecule has 2 aliphatic rings. The molecule has 1 aliphatic heterocycles. The van der Waals surface area contributed by atoms with Crippen LogP contribution in [0.25, 0.3) is 0 Å². The molecule has 0 unspecified atom stereocenters. The summed E-state index contributed by atoms with van der Waals surface area (Å²) in [4.78, 5) is 19.4. The van der Waals surface area contributed by atoms with Gasteiger partial charge in [-0.1, -0.05) is 43.5 Å². The SMILES string of the molecule is O=C([C@H]1CCN1)N(Cc1ccc(C2CCCCC2)cn1)c1ccccc1. The zero-order valence-electron chi connectivity index (χ0n) is 15.2. The fourth-order valence-electron chi connectivity index (χ4n) is 3.96. The molecule has 1 atom stereocenters. The first-order valence-corrected chi connectivity index (χ1v) is 9.86. The lowest BCUT2D eigenvalue weighted by molar-refractivity contribution is -0.122. The normalized spacial score (nSPS) is 20.4. The van der Waals surface area contributed by atoms with Gasteiger partial charge in [-0.15, -0.1) is 0 Å². The van der Waals surface area contributed by atoms with E-state index in [1.807, 2.05) is 41.4 Å². The van der Waals surface area contributed by atoms with E-state index in [1.165, 1.54) is 37.7 Å². The van der Waals surface area contributed by atoms with E-state index in [4.69, 9.17) is 4.98 Å². The van der Waals surface area contributed by atoms with Gasteiger partial charge >= 0.3 is 0 Å². The molecule has 4 heteroatoms. The summed E-state index contributed by atoms with van der Waals surface area (Å²) in [5, 5.41) is 3.22. The van der Waals surface area contributed by atoms with Crippen LogP contribution in [-0.2, 0) is 11.3 Å². The van der Waals surface area contributed by atoms with E-state index in [0.717, 1.165) is 24.3 Å². The van der Waals surface area contributed by atoms with Gasteiger partial charge in [0.05, 0.1) is 18.3 Å². The monoisotopic (exact) mass is 349 g/mol. The lowest BCUT2D eigenvalue weighted by atomic mass is 9.85. The smallest absolute Gasteiger partial charge is 0.244 e. The Hall–Kier alpha value is -2.20. The van der Waals surface area contributed by atoms with Gasteiger partial charge in [0, 0.05) is 11.9 Å². The molecule has 2 heterocycles. The quantitative estimate of drug-likeness (QED) is 0.886. The maximum Gasteiger partial charge on any atom is 0.244 e. The van der Waals surface area contributed by atoms with Crippen LogP contribution in [0.1, 0.15) is 55.7 Å². The highest BCUT2D eigenvalue weighted by Gasteiger charge is 2.30. The number of amides is 1. The number of para-hydroxylation sites is 1. The number of aromatic nitrogens is 1. The number of carbonyl (C=O) groups is 1. The van der Waals surface area contributed by atoms with E-state index in [9.17, 15) is 4.79 Å². The molecule has 1 aromatic carbocycles. The highest BCUT2D eigenvalue weighted by atomic mass is 16.2. The number of nitrogens with one attached hydrogen (secondary N) is 1. The van der Waals surface area contributed by atoms with E-state index in [2.05, 4.69) is 17.4 Å². The first kappa shape index (κ1) is 17.2. The fourth-order valence-corrected chi connectivity index (χ4v) is 3.96. The molecule has 2 fully saturated rings. The maximum atomic E-state index is 12.9. The van der Waals surface area contributed by atoms with Crippen LogP contribution >= 0.6 is 0 Å². The summed E-state index contributed by atoms with van der Waals surface area (Å²) in [5.74, 6) is 0.803. The second-order valence-corrected chi connectivity index (χ2v) is 7.47. The van der Waals surface area contributed by atoms with Crippen molar-refractivity contribution in [1.29, 1.82) is 0 Å². The minimum atomic E-state index is -0.0586. The van der Waals surface area contributed by atoms with E-state index in [-0.39, 0.29) is 11.9 Å². The van der Waals surface area contributed by atoms with Crippen molar-refractivity contribution in [2.75, 3.05) is 11.4 Å². The Kier molecular flexibility index (Phi) is 5.30. The lowest BCUT2D eigenvalue weighted by Gasteiger charge is -2.32. The van der Waals surface area contributed by atoms with Crippen LogP contribution in [0.2, 0.25) is 0 Å².